The Labute approximate surface area is 178 Å². The second-order valence-corrected chi connectivity index (χ2v) is 7.35. The van der Waals surface area contributed by atoms with Crippen LogP contribution in [-0.2, 0) is 11.4 Å². The molecule has 8 heteroatoms. The molecule has 30 heavy (non-hydrogen) atoms. The van der Waals surface area contributed by atoms with E-state index >= 15 is 0 Å². The number of carbonyl (C=O) groups is 3. The van der Waals surface area contributed by atoms with E-state index in [-0.39, 0.29) is 23.3 Å². The van der Waals surface area contributed by atoms with E-state index in [1.807, 2.05) is 6.92 Å². The zero-order chi connectivity index (χ0) is 21.7. The molecule has 0 saturated carbocycles. The van der Waals surface area contributed by atoms with Crippen LogP contribution >= 0.6 is 11.8 Å². The molecule has 7 nitrogen and oxygen atoms in total. The van der Waals surface area contributed by atoms with E-state index in [0.717, 1.165) is 22.9 Å². The lowest BCUT2D eigenvalue weighted by Gasteiger charge is -2.13. The van der Waals surface area contributed by atoms with Crippen LogP contribution in [0.4, 0.5) is 4.79 Å². The fourth-order valence-electron chi connectivity index (χ4n) is 2.83. The van der Waals surface area contributed by atoms with Crippen LogP contribution < -0.4 is 9.47 Å². The van der Waals surface area contributed by atoms with Gasteiger partial charge in [0.05, 0.1) is 17.1 Å². The lowest BCUT2D eigenvalue weighted by molar-refractivity contribution is -0.122. The van der Waals surface area contributed by atoms with Gasteiger partial charge >= 0.3 is 5.97 Å². The molecule has 1 heterocycles. The number of nitrogens with zero attached hydrogens (tertiary/aromatic N) is 1. The smallest absolute Gasteiger partial charge is 0.335 e. The highest BCUT2D eigenvalue weighted by atomic mass is 32.2. The number of aromatic carboxylic acids is 1. The van der Waals surface area contributed by atoms with Crippen LogP contribution in [0.25, 0.3) is 6.08 Å². The Balaban J connectivity index is 1.76. The van der Waals surface area contributed by atoms with Gasteiger partial charge in [0.2, 0.25) is 0 Å². The normalized spacial score (nSPS) is 15.0. The molecule has 3 rings (SSSR count). The average molecular weight is 427 g/mol. The molecule has 0 atom stereocenters. The standard InChI is InChI=1S/C22H21NO6S/c1-3-23-20(24)19(30-22(23)27)12-15-7-10-17(18(11-15)28-4-2)29-13-14-5-8-16(9-6-14)21(25)26/h5-12H,3-4,13H2,1-2H3,(H,25,26)/b19-12+. The second kappa shape index (κ2) is 9.49. The SMILES string of the molecule is CCOc1cc(/C=C2/SC(=O)N(CC)C2=O)ccc1OCc1ccc(C(=O)O)cc1. The van der Waals surface area contributed by atoms with Gasteiger partial charge in [0.1, 0.15) is 6.61 Å². The number of rotatable bonds is 8. The molecule has 0 radical (unpaired) electrons. The minimum Gasteiger partial charge on any atom is -0.490 e. The van der Waals surface area contributed by atoms with Crippen molar-refractivity contribution in [2.75, 3.05) is 13.2 Å². The first-order valence-corrected chi connectivity index (χ1v) is 10.2. The van der Waals surface area contributed by atoms with Crippen molar-refractivity contribution in [1.82, 2.24) is 4.90 Å². The molecule has 0 unspecified atom stereocenters. The molecule has 2 aromatic rings. The van der Waals surface area contributed by atoms with E-state index in [9.17, 15) is 14.4 Å². The average Bonchev–Trinajstić information content (AvgIpc) is 3.00. The van der Waals surface area contributed by atoms with Crippen molar-refractivity contribution in [3.05, 3.63) is 64.1 Å². The third-order valence-electron chi connectivity index (χ3n) is 4.35. The van der Waals surface area contributed by atoms with Gasteiger partial charge in [0.25, 0.3) is 11.1 Å². The number of amides is 2. The van der Waals surface area contributed by atoms with Crippen molar-refractivity contribution in [2.45, 2.75) is 20.5 Å². The maximum absolute atomic E-state index is 12.3. The highest BCUT2D eigenvalue weighted by Gasteiger charge is 2.33. The number of likely N-dealkylation sites (N-methyl/N-ethyl adjacent to an activating group) is 1. The number of hydrogen-bond acceptors (Lipinski definition) is 6. The van der Waals surface area contributed by atoms with Crippen LogP contribution in [0.15, 0.2) is 47.4 Å². The fraction of sp³-hybridized carbons (Fsp3) is 0.227. The van der Waals surface area contributed by atoms with E-state index in [0.29, 0.717) is 29.6 Å². The van der Waals surface area contributed by atoms with Gasteiger partial charge in [-0.15, -0.1) is 0 Å². The Morgan fingerprint density at radius 3 is 2.40 bits per heavy atom. The second-order valence-electron chi connectivity index (χ2n) is 6.36. The molecule has 156 valence electrons. The number of ether oxygens (including phenoxy) is 2. The molecule has 0 bridgehead atoms. The van der Waals surface area contributed by atoms with Crippen LogP contribution in [0.5, 0.6) is 11.5 Å². The quantitative estimate of drug-likeness (QED) is 0.623. The Hall–Kier alpha value is -3.26. The molecule has 1 saturated heterocycles. The van der Waals surface area contributed by atoms with Crippen LogP contribution in [0, 0.1) is 0 Å². The Kier molecular flexibility index (Phi) is 6.79. The summed E-state index contributed by atoms with van der Waals surface area (Å²) in [7, 11) is 0. The Morgan fingerprint density at radius 1 is 1.07 bits per heavy atom. The first-order valence-electron chi connectivity index (χ1n) is 9.40. The van der Waals surface area contributed by atoms with Crippen molar-refractivity contribution >= 4 is 35.0 Å². The van der Waals surface area contributed by atoms with Gasteiger partial charge in [-0.1, -0.05) is 18.2 Å². The fourth-order valence-corrected chi connectivity index (χ4v) is 3.73. The van der Waals surface area contributed by atoms with E-state index in [1.165, 1.54) is 17.0 Å². The molecule has 2 aromatic carbocycles. The van der Waals surface area contributed by atoms with E-state index in [1.54, 1.807) is 43.3 Å². The predicted octanol–water partition coefficient (Wildman–Crippen LogP) is 4.42. The van der Waals surface area contributed by atoms with Crippen molar-refractivity contribution < 1.29 is 29.0 Å². The number of thioether (sulfide) groups is 1. The molecule has 1 N–H and O–H groups in total. The van der Waals surface area contributed by atoms with Gasteiger partial charge in [0, 0.05) is 6.54 Å². The zero-order valence-electron chi connectivity index (χ0n) is 16.6. The molecular weight excluding hydrogens is 406 g/mol. The monoisotopic (exact) mass is 427 g/mol. The maximum atomic E-state index is 12.3. The predicted molar refractivity (Wildman–Crippen MR) is 114 cm³/mol. The van der Waals surface area contributed by atoms with E-state index in [4.69, 9.17) is 14.6 Å². The van der Waals surface area contributed by atoms with Gasteiger partial charge in [-0.05, 0) is 67.1 Å². The largest absolute Gasteiger partial charge is 0.490 e. The summed E-state index contributed by atoms with van der Waals surface area (Å²) in [5, 5.41) is 8.70. The number of carboxylic acid groups (broad SMARTS) is 1. The topological polar surface area (TPSA) is 93.1 Å². The van der Waals surface area contributed by atoms with Crippen LogP contribution in [-0.4, -0.2) is 40.3 Å². The number of carbonyl (C=O) groups excluding carboxylic acids is 2. The summed E-state index contributed by atoms with van der Waals surface area (Å²) in [6, 6.07) is 11.7. The molecule has 0 aliphatic carbocycles. The third kappa shape index (κ3) is 4.83. The van der Waals surface area contributed by atoms with Crippen molar-refractivity contribution in [2.24, 2.45) is 0 Å². The van der Waals surface area contributed by atoms with E-state index < -0.39 is 5.97 Å². The first kappa shape index (κ1) is 21.4. The summed E-state index contributed by atoms with van der Waals surface area (Å²) in [5.74, 6) is -0.231. The highest BCUT2D eigenvalue weighted by molar-refractivity contribution is 8.18. The van der Waals surface area contributed by atoms with Gasteiger partial charge in [0.15, 0.2) is 11.5 Å². The molecule has 1 aliphatic heterocycles. The Bertz CT molecular complexity index is 999. The summed E-state index contributed by atoms with van der Waals surface area (Å²) >= 11 is 0.920. The summed E-state index contributed by atoms with van der Waals surface area (Å²) in [5.41, 5.74) is 1.75. The number of benzene rings is 2. The number of carboxylic acids is 1. The van der Waals surface area contributed by atoms with Crippen LogP contribution in [0.1, 0.15) is 35.3 Å². The lowest BCUT2D eigenvalue weighted by atomic mass is 10.1. The van der Waals surface area contributed by atoms with Crippen molar-refractivity contribution in [1.29, 1.82) is 0 Å². The summed E-state index contributed by atoms with van der Waals surface area (Å²) < 4.78 is 11.5. The minimum atomic E-state index is -0.978. The first-order chi connectivity index (χ1) is 14.4. The molecule has 1 fully saturated rings. The van der Waals surface area contributed by atoms with E-state index in [2.05, 4.69) is 0 Å². The van der Waals surface area contributed by atoms with Gasteiger partial charge < -0.3 is 14.6 Å². The molecule has 0 aromatic heterocycles. The number of hydrogen-bond donors (Lipinski definition) is 1. The molecule has 0 spiro atoms. The summed E-state index contributed by atoms with van der Waals surface area (Å²) in [6.07, 6.45) is 1.66. The summed E-state index contributed by atoms with van der Waals surface area (Å²) in [4.78, 5) is 36.7. The van der Waals surface area contributed by atoms with Gasteiger partial charge in [-0.2, -0.15) is 0 Å². The lowest BCUT2D eigenvalue weighted by Crippen LogP contribution is -2.27. The van der Waals surface area contributed by atoms with Crippen LogP contribution in [0.2, 0.25) is 0 Å². The van der Waals surface area contributed by atoms with Crippen LogP contribution in [0.3, 0.4) is 0 Å². The number of imide groups is 1. The molecule has 2 amide bonds. The zero-order valence-corrected chi connectivity index (χ0v) is 17.4. The minimum absolute atomic E-state index is 0.214. The Morgan fingerprint density at radius 2 is 1.80 bits per heavy atom. The summed E-state index contributed by atoms with van der Waals surface area (Å²) in [6.45, 7) is 4.63. The van der Waals surface area contributed by atoms with Crippen molar-refractivity contribution in [3.8, 4) is 11.5 Å². The highest BCUT2D eigenvalue weighted by Crippen LogP contribution is 2.34. The molecular formula is C22H21NO6S. The maximum Gasteiger partial charge on any atom is 0.335 e. The van der Waals surface area contributed by atoms with Gasteiger partial charge in [-0.3, -0.25) is 14.5 Å². The molecule has 1 aliphatic rings. The third-order valence-corrected chi connectivity index (χ3v) is 5.26. The van der Waals surface area contributed by atoms with Gasteiger partial charge in [-0.25, -0.2) is 4.79 Å². The van der Waals surface area contributed by atoms with Crippen molar-refractivity contribution in [3.63, 3.8) is 0 Å².